The predicted octanol–water partition coefficient (Wildman–Crippen LogP) is 3.54. The number of nitrogens with zero attached hydrogens (tertiary/aromatic N) is 1. The lowest BCUT2D eigenvalue weighted by molar-refractivity contribution is 0.321. The number of nitrogens with one attached hydrogen (secondary N) is 2. The monoisotopic (exact) mass is 551 g/mol. The van der Waals surface area contributed by atoms with Crippen LogP contribution in [0.4, 0.5) is 0 Å². The second-order valence-electron chi connectivity index (χ2n) is 6.12. The quantitative estimate of drug-likeness (QED) is 0.216. The molecular weight excluding hydrogens is 525 g/mol. The van der Waals surface area contributed by atoms with E-state index in [4.69, 9.17) is 16.3 Å². The molecule has 2 aromatic rings. The van der Waals surface area contributed by atoms with Crippen molar-refractivity contribution >= 4 is 51.4 Å². The summed E-state index contributed by atoms with van der Waals surface area (Å²) in [5.41, 5.74) is 1.07. The summed E-state index contributed by atoms with van der Waals surface area (Å²) >= 11 is 6.17. The van der Waals surface area contributed by atoms with Crippen molar-refractivity contribution in [1.29, 1.82) is 0 Å². The molecule has 0 bridgehead atoms. The Kier molecular flexibility index (Phi) is 11.4. The number of ether oxygens (including phenoxy) is 1. The van der Waals surface area contributed by atoms with Crippen molar-refractivity contribution in [2.24, 2.45) is 4.99 Å². The Morgan fingerprint density at radius 1 is 1.10 bits per heavy atom. The fourth-order valence-electron chi connectivity index (χ4n) is 2.45. The zero-order chi connectivity index (χ0) is 20.4. The number of sulfone groups is 1. The maximum atomic E-state index is 11.5. The van der Waals surface area contributed by atoms with E-state index in [1.807, 2.05) is 31.2 Å². The Morgan fingerprint density at radius 2 is 1.79 bits per heavy atom. The van der Waals surface area contributed by atoms with E-state index in [2.05, 4.69) is 15.6 Å². The Hall–Kier alpha value is -1.52. The summed E-state index contributed by atoms with van der Waals surface area (Å²) in [7, 11) is -3.19. The van der Waals surface area contributed by atoms with Crippen LogP contribution in [0.5, 0.6) is 5.75 Å². The Morgan fingerprint density at radius 3 is 2.41 bits per heavy atom. The molecule has 2 rings (SSSR count). The molecule has 160 valence electrons. The Labute approximate surface area is 195 Å². The van der Waals surface area contributed by atoms with Crippen LogP contribution in [0.3, 0.4) is 0 Å². The lowest BCUT2D eigenvalue weighted by Crippen LogP contribution is -2.39. The smallest absolute Gasteiger partial charge is 0.191 e. The highest BCUT2D eigenvalue weighted by atomic mass is 127. The van der Waals surface area contributed by atoms with E-state index in [0.29, 0.717) is 31.4 Å². The lowest BCUT2D eigenvalue weighted by atomic mass is 10.1. The minimum atomic E-state index is -3.19. The van der Waals surface area contributed by atoms with Crippen LogP contribution in [-0.4, -0.2) is 46.9 Å². The number of halogens is 2. The second kappa shape index (κ2) is 12.9. The molecule has 2 aromatic carbocycles. The highest BCUT2D eigenvalue weighted by Crippen LogP contribution is 2.16. The van der Waals surface area contributed by atoms with Crippen LogP contribution < -0.4 is 15.4 Å². The molecule has 9 heteroatoms. The van der Waals surface area contributed by atoms with Gasteiger partial charge in [-0.25, -0.2) is 8.42 Å². The van der Waals surface area contributed by atoms with Crippen molar-refractivity contribution in [2.45, 2.75) is 18.2 Å². The number of guanidine groups is 1. The van der Waals surface area contributed by atoms with Crippen LogP contribution in [-0.2, 0) is 16.3 Å². The zero-order valence-corrected chi connectivity index (χ0v) is 20.4. The molecule has 0 aliphatic carbocycles. The zero-order valence-electron chi connectivity index (χ0n) is 16.5. The van der Waals surface area contributed by atoms with Crippen molar-refractivity contribution < 1.29 is 13.2 Å². The summed E-state index contributed by atoms with van der Waals surface area (Å²) in [6.07, 6.45) is 1.94. The molecule has 0 radical (unpaired) electrons. The normalized spacial score (nSPS) is 11.5. The van der Waals surface area contributed by atoms with Crippen LogP contribution in [0.1, 0.15) is 12.5 Å². The molecule has 0 aliphatic heterocycles. The van der Waals surface area contributed by atoms with Crippen LogP contribution in [0.2, 0.25) is 5.02 Å². The van der Waals surface area contributed by atoms with Crippen LogP contribution >= 0.6 is 35.6 Å². The lowest BCUT2D eigenvalue weighted by Gasteiger charge is -2.12. The van der Waals surface area contributed by atoms with Crippen LogP contribution in [0, 0.1) is 0 Å². The van der Waals surface area contributed by atoms with Gasteiger partial charge in [0.2, 0.25) is 0 Å². The van der Waals surface area contributed by atoms with Crippen LogP contribution in [0.25, 0.3) is 0 Å². The summed E-state index contributed by atoms with van der Waals surface area (Å²) in [4.78, 5) is 4.82. The van der Waals surface area contributed by atoms with Gasteiger partial charge in [0, 0.05) is 24.4 Å². The molecular formula is C20H27ClIN3O3S. The van der Waals surface area contributed by atoms with E-state index in [-0.39, 0.29) is 28.9 Å². The molecule has 0 heterocycles. The van der Waals surface area contributed by atoms with E-state index >= 15 is 0 Å². The average Bonchev–Trinajstić information content (AvgIpc) is 2.66. The average molecular weight is 552 g/mol. The second-order valence-corrected chi connectivity index (χ2v) is 8.54. The SMILES string of the molecule is CCNC(=NCCc1ccccc1Cl)NCCOc1ccc(S(C)(=O)=O)cc1.I. The molecule has 0 unspecified atom stereocenters. The predicted molar refractivity (Wildman–Crippen MR) is 130 cm³/mol. The van der Waals surface area contributed by atoms with Gasteiger partial charge in [-0.1, -0.05) is 29.8 Å². The van der Waals surface area contributed by atoms with Gasteiger partial charge in [0.1, 0.15) is 12.4 Å². The van der Waals surface area contributed by atoms with E-state index in [0.717, 1.165) is 23.6 Å². The molecule has 0 fully saturated rings. The first-order valence-electron chi connectivity index (χ1n) is 9.08. The summed E-state index contributed by atoms with van der Waals surface area (Å²) in [5, 5.41) is 7.16. The Balaban J connectivity index is 0.00000420. The van der Waals surface area contributed by atoms with Crippen molar-refractivity contribution in [3.05, 3.63) is 59.1 Å². The summed E-state index contributed by atoms with van der Waals surface area (Å²) < 4.78 is 28.6. The van der Waals surface area contributed by atoms with Gasteiger partial charge in [-0.05, 0) is 49.2 Å². The first-order chi connectivity index (χ1) is 13.4. The number of hydrogen-bond acceptors (Lipinski definition) is 4. The maximum absolute atomic E-state index is 11.5. The van der Waals surface area contributed by atoms with E-state index in [9.17, 15) is 8.42 Å². The first-order valence-corrected chi connectivity index (χ1v) is 11.4. The number of aliphatic imine (C=N–C) groups is 1. The molecule has 0 amide bonds. The molecule has 0 atom stereocenters. The highest BCUT2D eigenvalue weighted by Gasteiger charge is 2.06. The fourth-order valence-corrected chi connectivity index (χ4v) is 3.31. The fraction of sp³-hybridized carbons (Fsp3) is 0.350. The third kappa shape index (κ3) is 9.22. The van der Waals surface area contributed by atoms with Crippen LogP contribution in [0.15, 0.2) is 58.4 Å². The molecule has 0 saturated heterocycles. The molecule has 0 aromatic heterocycles. The summed E-state index contributed by atoms with van der Waals surface area (Å²) in [6, 6.07) is 14.1. The van der Waals surface area contributed by atoms with Gasteiger partial charge < -0.3 is 15.4 Å². The molecule has 2 N–H and O–H groups in total. The molecule has 0 aliphatic rings. The van der Waals surface area contributed by atoms with E-state index < -0.39 is 9.84 Å². The highest BCUT2D eigenvalue weighted by molar-refractivity contribution is 14.0. The number of hydrogen-bond donors (Lipinski definition) is 2. The van der Waals surface area contributed by atoms with Crippen molar-refractivity contribution in [2.75, 3.05) is 32.5 Å². The van der Waals surface area contributed by atoms with E-state index in [1.165, 1.54) is 6.26 Å². The molecule has 0 saturated carbocycles. The minimum absolute atomic E-state index is 0. The number of rotatable bonds is 9. The number of benzene rings is 2. The standard InChI is InChI=1S/C20H26ClN3O3S.HI/c1-3-22-20(23-13-12-16-6-4-5-7-19(16)21)24-14-15-27-17-8-10-18(11-9-17)28(2,25)26;/h4-11H,3,12-15H2,1-2H3,(H2,22,23,24);1H. The van der Waals surface area contributed by atoms with Gasteiger partial charge in [-0.2, -0.15) is 0 Å². The van der Waals surface area contributed by atoms with Crippen molar-refractivity contribution in [3.8, 4) is 5.75 Å². The van der Waals surface area contributed by atoms with Gasteiger partial charge >= 0.3 is 0 Å². The Bertz CT molecular complexity index is 890. The van der Waals surface area contributed by atoms with Gasteiger partial charge in [-0.3, -0.25) is 4.99 Å². The molecule has 0 spiro atoms. The minimum Gasteiger partial charge on any atom is -0.492 e. The topological polar surface area (TPSA) is 79.8 Å². The maximum Gasteiger partial charge on any atom is 0.191 e. The van der Waals surface area contributed by atoms with Gasteiger partial charge in [0.05, 0.1) is 11.4 Å². The largest absolute Gasteiger partial charge is 0.492 e. The van der Waals surface area contributed by atoms with Crippen molar-refractivity contribution in [1.82, 2.24) is 10.6 Å². The molecule has 6 nitrogen and oxygen atoms in total. The third-order valence-electron chi connectivity index (χ3n) is 3.87. The van der Waals surface area contributed by atoms with Gasteiger partial charge in [0.15, 0.2) is 15.8 Å². The van der Waals surface area contributed by atoms with Gasteiger partial charge in [0.25, 0.3) is 0 Å². The van der Waals surface area contributed by atoms with E-state index in [1.54, 1.807) is 24.3 Å². The summed E-state index contributed by atoms with van der Waals surface area (Å²) in [5.74, 6) is 1.33. The molecule has 29 heavy (non-hydrogen) atoms. The van der Waals surface area contributed by atoms with Gasteiger partial charge in [-0.15, -0.1) is 24.0 Å². The first kappa shape index (κ1) is 25.5. The summed E-state index contributed by atoms with van der Waals surface area (Å²) in [6.45, 7) is 4.36. The third-order valence-corrected chi connectivity index (χ3v) is 5.37. The van der Waals surface area contributed by atoms with Crippen molar-refractivity contribution in [3.63, 3.8) is 0 Å².